The molecule has 0 bridgehead atoms. The topological polar surface area (TPSA) is 55.1 Å². The summed E-state index contributed by atoms with van der Waals surface area (Å²) < 4.78 is 2.24. The van der Waals surface area contributed by atoms with Gasteiger partial charge in [-0.15, -0.1) is 0 Å². The van der Waals surface area contributed by atoms with Crippen LogP contribution in [0.2, 0.25) is 0 Å². The second kappa shape index (κ2) is 5.79. The largest absolute Gasteiger partial charge is 0.477 e. The quantitative estimate of drug-likeness (QED) is 0.765. The predicted molar refractivity (Wildman–Crippen MR) is 88.5 cm³/mol. The zero-order valence-electron chi connectivity index (χ0n) is 13.0. The Hall–Kier alpha value is -2.36. The summed E-state index contributed by atoms with van der Waals surface area (Å²) in [5.41, 5.74) is 3.26. The highest BCUT2D eigenvalue weighted by atomic mass is 16.4. The molecule has 0 unspecified atom stereocenters. The van der Waals surface area contributed by atoms with Gasteiger partial charge < -0.3 is 9.67 Å². The fraction of sp³-hybridized carbons (Fsp3) is 0.333. The Morgan fingerprint density at radius 3 is 2.68 bits per heavy atom. The van der Waals surface area contributed by atoms with Gasteiger partial charge in [-0.1, -0.05) is 31.5 Å². The number of hydrogen-bond donors (Lipinski definition) is 1. The summed E-state index contributed by atoms with van der Waals surface area (Å²) in [5.74, 6) is -0.965. The lowest BCUT2D eigenvalue weighted by Gasteiger charge is -2.09. The van der Waals surface area contributed by atoms with Crippen LogP contribution in [0.1, 0.15) is 42.9 Å². The van der Waals surface area contributed by atoms with E-state index in [9.17, 15) is 9.90 Å². The molecule has 1 aromatic carbocycles. The number of pyridine rings is 1. The summed E-state index contributed by atoms with van der Waals surface area (Å²) in [4.78, 5) is 15.8. The van der Waals surface area contributed by atoms with Crippen molar-refractivity contribution in [2.45, 2.75) is 39.7 Å². The van der Waals surface area contributed by atoms with E-state index >= 15 is 0 Å². The lowest BCUT2D eigenvalue weighted by molar-refractivity contribution is 0.0690. The summed E-state index contributed by atoms with van der Waals surface area (Å²) in [7, 11) is 0. The van der Waals surface area contributed by atoms with Gasteiger partial charge in [0.25, 0.3) is 0 Å². The maximum Gasteiger partial charge on any atom is 0.354 e. The minimum absolute atomic E-state index is 0.137. The second-order valence-electron chi connectivity index (χ2n) is 5.52. The summed E-state index contributed by atoms with van der Waals surface area (Å²) in [5, 5.41) is 11.5. The molecule has 4 nitrogen and oxygen atoms in total. The van der Waals surface area contributed by atoms with E-state index in [0.717, 1.165) is 53.3 Å². The molecule has 2 heterocycles. The van der Waals surface area contributed by atoms with E-state index in [1.807, 2.05) is 12.1 Å². The van der Waals surface area contributed by atoms with Crippen LogP contribution in [-0.4, -0.2) is 20.6 Å². The van der Waals surface area contributed by atoms with Gasteiger partial charge in [0.1, 0.15) is 5.69 Å². The molecule has 0 spiro atoms. The average molecular weight is 296 g/mol. The van der Waals surface area contributed by atoms with Crippen molar-refractivity contribution >= 4 is 27.8 Å². The molecule has 3 aromatic rings. The standard InChI is InChI=1S/C18H20N2O2/c1-3-5-9-14-17-13(11-15(19-14)18(21)22)12-8-6-7-10-16(12)20(17)4-2/h6-8,10-11H,3-5,9H2,1-2H3,(H,21,22). The van der Waals surface area contributed by atoms with E-state index in [4.69, 9.17) is 0 Å². The Balaban J connectivity index is 2.41. The van der Waals surface area contributed by atoms with Gasteiger partial charge in [-0.3, -0.25) is 0 Å². The SMILES string of the molecule is CCCCc1nc(C(=O)O)cc2c3ccccc3n(CC)c12. The predicted octanol–water partition coefficient (Wildman–Crippen LogP) is 4.25. The second-order valence-corrected chi connectivity index (χ2v) is 5.52. The van der Waals surface area contributed by atoms with Crippen LogP contribution in [0.4, 0.5) is 0 Å². The third-order valence-corrected chi connectivity index (χ3v) is 4.12. The van der Waals surface area contributed by atoms with Crippen LogP contribution in [0, 0.1) is 0 Å². The van der Waals surface area contributed by atoms with Crippen molar-refractivity contribution in [1.29, 1.82) is 0 Å². The van der Waals surface area contributed by atoms with Gasteiger partial charge in [-0.05, 0) is 31.9 Å². The number of unbranched alkanes of at least 4 members (excludes halogenated alkanes) is 1. The molecule has 0 amide bonds. The first-order chi connectivity index (χ1) is 10.7. The first kappa shape index (κ1) is 14.6. The zero-order valence-corrected chi connectivity index (χ0v) is 13.0. The zero-order chi connectivity index (χ0) is 15.7. The molecule has 4 heteroatoms. The summed E-state index contributed by atoms with van der Waals surface area (Å²) >= 11 is 0. The van der Waals surface area contributed by atoms with E-state index < -0.39 is 5.97 Å². The molecule has 0 aliphatic rings. The number of aryl methyl sites for hydroxylation is 2. The van der Waals surface area contributed by atoms with Gasteiger partial charge in [0.05, 0.1) is 11.2 Å². The number of aromatic nitrogens is 2. The number of carboxylic acid groups (broad SMARTS) is 1. The van der Waals surface area contributed by atoms with Crippen molar-refractivity contribution in [3.63, 3.8) is 0 Å². The van der Waals surface area contributed by atoms with Gasteiger partial charge in [0.2, 0.25) is 0 Å². The van der Waals surface area contributed by atoms with Crippen LogP contribution in [0.5, 0.6) is 0 Å². The van der Waals surface area contributed by atoms with Crippen molar-refractivity contribution < 1.29 is 9.90 Å². The summed E-state index contributed by atoms with van der Waals surface area (Å²) in [6.45, 7) is 5.09. The van der Waals surface area contributed by atoms with E-state index in [-0.39, 0.29) is 5.69 Å². The van der Waals surface area contributed by atoms with E-state index in [0.29, 0.717) is 0 Å². The number of nitrogens with zero attached hydrogens (tertiary/aromatic N) is 2. The number of hydrogen-bond acceptors (Lipinski definition) is 2. The van der Waals surface area contributed by atoms with Crippen molar-refractivity contribution in [3.05, 3.63) is 41.7 Å². The monoisotopic (exact) mass is 296 g/mol. The fourth-order valence-corrected chi connectivity index (χ4v) is 3.11. The molecule has 0 fully saturated rings. The van der Waals surface area contributed by atoms with Crippen LogP contribution in [0.25, 0.3) is 21.8 Å². The molecule has 22 heavy (non-hydrogen) atoms. The number of benzene rings is 1. The molecular formula is C18H20N2O2. The first-order valence-electron chi connectivity index (χ1n) is 7.81. The molecule has 0 aliphatic carbocycles. The number of aromatic carboxylic acids is 1. The number of rotatable bonds is 5. The highest BCUT2D eigenvalue weighted by Gasteiger charge is 2.17. The highest BCUT2D eigenvalue weighted by Crippen LogP contribution is 2.31. The molecular weight excluding hydrogens is 276 g/mol. The lowest BCUT2D eigenvalue weighted by Crippen LogP contribution is -2.06. The van der Waals surface area contributed by atoms with Crippen LogP contribution in [0.3, 0.4) is 0 Å². The van der Waals surface area contributed by atoms with E-state index in [1.54, 1.807) is 6.07 Å². The molecule has 2 aromatic heterocycles. The molecule has 114 valence electrons. The molecule has 0 aliphatic heterocycles. The Morgan fingerprint density at radius 1 is 1.23 bits per heavy atom. The lowest BCUT2D eigenvalue weighted by atomic mass is 10.1. The fourth-order valence-electron chi connectivity index (χ4n) is 3.11. The van der Waals surface area contributed by atoms with Crippen molar-refractivity contribution in [1.82, 2.24) is 9.55 Å². The molecule has 1 N–H and O–H groups in total. The van der Waals surface area contributed by atoms with E-state index in [2.05, 4.69) is 35.5 Å². The van der Waals surface area contributed by atoms with E-state index in [1.165, 1.54) is 0 Å². The summed E-state index contributed by atoms with van der Waals surface area (Å²) in [6, 6.07) is 9.86. The summed E-state index contributed by atoms with van der Waals surface area (Å²) in [6.07, 6.45) is 2.88. The number of fused-ring (bicyclic) bond motifs is 3. The Labute approximate surface area is 129 Å². The average Bonchev–Trinajstić information content (AvgIpc) is 2.86. The molecule has 0 radical (unpaired) electrons. The first-order valence-corrected chi connectivity index (χ1v) is 7.81. The Morgan fingerprint density at radius 2 is 2.00 bits per heavy atom. The number of para-hydroxylation sites is 1. The van der Waals surface area contributed by atoms with Crippen LogP contribution in [-0.2, 0) is 13.0 Å². The maximum atomic E-state index is 11.4. The molecule has 0 atom stereocenters. The van der Waals surface area contributed by atoms with Gasteiger partial charge in [-0.25, -0.2) is 9.78 Å². The normalized spacial score (nSPS) is 11.4. The van der Waals surface area contributed by atoms with Crippen molar-refractivity contribution in [3.8, 4) is 0 Å². The van der Waals surface area contributed by atoms with Gasteiger partial charge in [0, 0.05) is 22.8 Å². The highest BCUT2D eigenvalue weighted by molar-refractivity contribution is 6.10. The minimum atomic E-state index is -0.965. The Bertz CT molecular complexity index is 849. The van der Waals surface area contributed by atoms with Crippen LogP contribution < -0.4 is 0 Å². The van der Waals surface area contributed by atoms with Crippen molar-refractivity contribution in [2.75, 3.05) is 0 Å². The Kier molecular flexibility index (Phi) is 3.84. The third kappa shape index (κ3) is 2.25. The minimum Gasteiger partial charge on any atom is -0.477 e. The maximum absolute atomic E-state index is 11.4. The van der Waals surface area contributed by atoms with Gasteiger partial charge >= 0.3 is 5.97 Å². The van der Waals surface area contributed by atoms with Crippen LogP contribution in [0.15, 0.2) is 30.3 Å². The number of carbonyl (C=O) groups is 1. The third-order valence-electron chi connectivity index (χ3n) is 4.12. The molecule has 0 saturated carbocycles. The molecule has 3 rings (SSSR count). The van der Waals surface area contributed by atoms with Gasteiger partial charge in [-0.2, -0.15) is 0 Å². The molecule has 0 saturated heterocycles. The van der Waals surface area contributed by atoms with Crippen LogP contribution >= 0.6 is 0 Å². The number of carboxylic acids is 1. The van der Waals surface area contributed by atoms with Gasteiger partial charge in [0.15, 0.2) is 0 Å². The van der Waals surface area contributed by atoms with Crippen molar-refractivity contribution in [2.24, 2.45) is 0 Å². The smallest absolute Gasteiger partial charge is 0.354 e.